The van der Waals surface area contributed by atoms with Crippen LogP contribution in [0.2, 0.25) is 0 Å². The molecule has 75 heavy (non-hydrogen) atoms. The smallest absolute Gasteiger partial charge is 0.387 e. The summed E-state index contributed by atoms with van der Waals surface area (Å²) in [5.41, 5.74) is -4.43. The van der Waals surface area contributed by atoms with Crippen LogP contribution in [-0.4, -0.2) is 193 Å². The fourth-order valence-electron chi connectivity index (χ4n) is 15.0. The van der Waals surface area contributed by atoms with Crippen molar-refractivity contribution in [2.45, 2.75) is 275 Å². The molecule has 11 fully saturated rings. The lowest BCUT2D eigenvalue weighted by atomic mass is 9.73. The molecule has 0 aromatic heterocycles. The maximum Gasteiger partial charge on any atom is 0.397 e. The molecule has 0 amide bonds. The first-order valence-electron chi connectivity index (χ1n) is 27.1. The highest BCUT2D eigenvalue weighted by Gasteiger charge is 2.65. The number of hydrogen-bond donors (Lipinski definition) is 4. The summed E-state index contributed by atoms with van der Waals surface area (Å²) >= 11 is 0. The lowest BCUT2D eigenvalue weighted by molar-refractivity contribution is -0.369. The zero-order valence-electron chi connectivity index (χ0n) is 43.7. The van der Waals surface area contributed by atoms with E-state index in [1.54, 1.807) is 25.2 Å². The zero-order valence-corrected chi connectivity index (χ0v) is 45.3. The largest absolute Gasteiger partial charge is 0.397 e. The summed E-state index contributed by atoms with van der Waals surface area (Å²) in [4.78, 5) is 0. The Morgan fingerprint density at radius 2 is 1.23 bits per heavy atom. The molecule has 0 radical (unpaired) electrons. The van der Waals surface area contributed by atoms with Gasteiger partial charge in [0.1, 0.15) is 35.6 Å². The first-order valence-corrected chi connectivity index (χ1v) is 29.8. The van der Waals surface area contributed by atoms with E-state index >= 15 is 0 Å². The number of allylic oxidation sites excluding steroid dienone is 2. The molecule has 0 aliphatic carbocycles. The molecule has 0 aromatic carbocycles. The second kappa shape index (κ2) is 19.9. The van der Waals surface area contributed by atoms with Crippen LogP contribution in [0.3, 0.4) is 0 Å². The molecule has 0 unspecified atom stereocenters. The quantitative estimate of drug-likeness (QED) is 0.144. The standard InChI is InChI=1S/C52H78O21S2/c1-9-10-13-48(4,54)47-27(3)18-36-35(68-47)24-43-52(8,71-36)46(53)45-39(67-43)22-38-44(69-45)26(2)11-14-50(6)41(66-38)25-40-51(7,73-50)15-12-28-29(65-40)19-31-30(62-28)20-32-33(63-31)21-37-34(64-32)23-42(72-75(58,59)60)49(5,70-37)16-17-61-74(55,56)57/h9-10,13,26,28-47,53-54H,1,3,11-12,14-25H2,2,4-8H3,(H,55,56,57)(H,58,59,60)/b13-10+/t26-,28-,29+,30+,31-,32-,33+,34+,35+,36-,37-,38-,39+,40-,41+,42-,43-,44+,45+,46+,47-,48+,49+,50-,51+,52-/m0/s1. The minimum absolute atomic E-state index is 0.00420. The molecule has 0 spiro atoms. The molecule has 0 bridgehead atoms. The third-order valence-electron chi connectivity index (χ3n) is 19.1. The van der Waals surface area contributed by atoms with Crippen molar-refractivity contribution in [1.82, 2.24) is 0 Å². The molecule has 23 heteroatoms. The van der Waals surface area contributed by atoms with Gasteiger partial charge < -0.3 is 62.3 Å². The van der Waals surface area contributed by atoms with Gasteiger partial charge in [-0.15, -0.1) is 0 Å². The number of fused-ring (bicyclic) bond motifs is 10. The second-order valence-electron chi connectivity index (χ2n) is 24.6. The van der Waals surface area contributed by atoms with Gasteiger partial charge in [0.2, 0.25) is 0 Å². The highest BCUT2D eigenvalue weighted by molar-refractivity contribution is 7.81. The zero-order chi connectivity index (χ0) is 53.4. The van der Waals surface area contributed by atoms with Crippen molar-refractivity contribution < 1.29 is 96.6 Å². The van der Waals surface area contributed by atoms with Crippen LogP contribution in [-0.2, 0) is 81.3 Å². The van der Waals surface area contributed by atoms with Gasteiger partial charge in [0.25, 0.3) is 0 Å². The van der Waals surface area contributed by atoms with Crippen LogP contribution >= 0.6 is 0 Å². The molecule has 11 rings (SSSR count). The minimum atomic E-state index is -4.94. The Kier molecular flexibility index (Phi) is 14.7. The van der Waals surface area contributed by atoms with E-state index in [4.69, 9.17) is 60.8 Å². The third-order valence-corrected chi connectivity index (χ3v) is 20.1. The maximum absolute atomic E-state index is 12.3. The molecule has 26 atom stereocenters. The Balaban J connectivity index is 0.754. The van der Waals surface area contributed by atoms with Crippen molar-refractivity contribution in [2.24, 2.45) is 5.92 Å². The summed E-state index contributed by atoms with van der Waals surface area (Å²) in [5, 5.41) is 23.6. The lowest BCUT2D eigenvalue weighted by Crippen LogP contribution is -2.74. The maximum atomic E-state index is 12.3. The van der Waals surface area contributed by atoms with E-state index in [0.717, 1.165) is 12.8 Å². The van der Waals surface area contributed by atoms with Crippen LogP contribution in [0.25, 0.3) is 0 Å². The van der Waals surface area contributed by atoms with E-state index in [2.05, 4.69) is 38.1 Å². The van der Waals surface area contributed by atoms with E-state index in [-0.39, 0.29) is 73.7 Å². The number of ether oxygens (including phenoxy) is 11. The van der Waals surface area contributed by atoms with Crippen molar-refractivity contribution in [3.8, 4) is 0 Å². The summed E-state index contributed by atoms with van der Waals surface area (Å²) in [6.07, 6.45) is 1.10. The topological polar surface area (TPSA) is 269 Å². The van der Waals surface area contributed by atoms with E-state index in [0.29, 0.717) is 63.4 Å². The highest BCUT2D eigenvalue weighted by Crippen LogP contribution is 2.54. The van der Waals surface area contributed by atoms with Crippen LogP contribution in [0.1, 0.15) is 125 Å². The van der Waals surface area contributed by atoms with Crippen molar-refractivity contribution >= 4 is 20.8 Å². The Hall–Kier alpha value is -1.56. The fraction of sp³-hybridized carbons (Fsp3) is 0.885. The summed E-state index contributed by atoms with van der Waals surface area (Å²) in [7, 11) is -9.73. The number of rotatable bonds is 9. The van der Waals surface area contributed by atoms with Gasteiger partial charge in [0.05, 0.1) is 121 Å². The Labute approximate surface area is 440 Å². The molecule has 0 saturated carbocycles. The van der Waals surface area contributed by atoms with Gasteiger partial charge in [-0.1, -0.05) is 38.3 Å². The van der Waals surface area contributed by atoms with E-state index in [1.807, 2.05) is 6.92 Å². The van der Waals surface area contributed by atoms with Crippen LogP contribution in [0.5, 0.6) is 0 Å². The van der Waals surface area contributed by atoms with Crippen LogP contribution in [0.15, 0.2) is 37.0 Å². The summed E-state index contributed by atoms with van der Waals surface area (Å²) in [5.74, 6) is 0.0731. The summed E-state index contributed by atoms with van der Waals surface area (Å²) < 4.78 is 151. The number of hydrogen-bond acceptors (Lipinski definition) is 19. The average Bonchev–Trinajstić information content (AvgIpc) is 3.45. The lowest BCUT2D eigenvalue weighted by Gasteiger charge is -2.61. The number of aliphatic hydroxyl groups excluding tert-OH is 1. The Morgan fingerprint density at radius 3 is 1.88 bits per heavy atom. The van der Waals surface area contributed by atoms with Gasteiger partial charge in [-0.2, -0.15) is 16.8 Å². The summed E-state index contributed by atoms with van der Waals surface area (Å²) in [6.45, 7) is 19.1. The number of aliphatic hydroxyl groups is 2. The molecule has 11 heterocycles. The first kappa shape index (κ1) is 55.4. The van der Waals surface area contributed by atoms with Gasteiger partial charge in [-0.25, -0.2) is 8.37 Å². The normalized spacial score (nSPS) is 52.6. The second-order valence-corrected chi connectivity index (χ2v) is 26.8. The van der Waals surface area contributed by atoms with Crippen molar-refractivity contribution in [2.75, 3.05) is 6.61 Å². The third kappa shape index (κ3) is 10.6. The monoisotopic (exact) mass is 1100 g/mol. The molecule has 4 N–H and O–H groups in total. The van der Waals surface area contributed by atoms with Crippen LogP contribution < -0.4 is 0 Å². The predicted molar refractivity (Wildman–Crippen MR) is 262 cm³/mol. The van der Waals surface area contributed by atoms with E-state index < -0.39 is 123 Å². The van der Waals surface area contributed by atoms with Gasteiger partial charge in [0.15, 0.2) is 0 Å². The van der Waals surface area contributed by atoms with Gasteiger partial charge in [-0.05, 0) is 78.2 Å². The van der Waals surface area contributed by atoms with E-state index in [9.17, 15) is 31.6 Å². The average molecular weight is 1100 g/mol. The Bertz CT molecular complexity index is 2420. The molecule has 11 aliphatic heterocycles. The molecule has 424 valence electrons. The van der Waals surface area contributed by atoms with Gasteiger partial charge >= 0.3 is 20.8 Å². The summed E-state index contributed by atoms with van der Waals surface area (Å²) in [6, 6.07) is 0. The molecule has 0 aromatic rings. The highest BCUT2D eigenvalue weighted by atomic mass is 32.3. The fourth-order valence-corrected chi connectivity index (χ4v) is 15.9. The molecular formula is C52H78O21S2. The SMILES string of the molecule is C=C/C=C/[C@@](C)(O)[C@H]1O[C@@H]2C[C@@H]3O[C@@H]4C[C@@H]5O[C@@H]6C[C@@H]7O[C@@H]8C[C@@H]9O[C@@H]%10C[C@@H]%11O[C@](C)(CCOS(=O)(=O)O)[C@@H](OS(=O)(=O)O)C[C@H]%11O[C@H]%10C[C@H]9O[C@H]8CC[C@@]7(C)O[C@@]6(C)CC[C@H](C)[C@H]5O[C@H]4[C@@H](O)[C@@]3(C)O[C@H]2CC1=C. The first-order chi connectivity index (χ1) is 35.1. The van der Waals surface area contributed by atoms with Crippen molar-refractivity contribution in [3.63, 3.8) is 0 Å². The van der Waals surface area contributed by atoms with Crippen LogP contribution in [0.4, 0.5) is 0 Å². The van der Waals surface area contributed by atoms with Gasteiger partial charge in [-0.3, -0.25) is 9.11 Å². The predicted octanol–water partition coefficient (Wildman–Crippen LogP) is 4.11. The van der Waals surface area contributed by atoms with Crippen LogP contribution in [0, 0.1) is 5.92 Å². The Morgan fingerprint density at radius 1 is 0.667 bits per heavy atom. The molecular weight excluding hydrogens is 1020 g/mol. The van der Waals surface area contributed by atoms with Crippen molar-refractivity contribution in [3.05, 3.63) is 37.0 Å². The van der Waals surface area contributed by atoms with Gasteiger partial charge in [0, 0.05) is 51.4 Å². The minimum Gasteiger partial charge on any atom is -0.387 e. The van der Waals surface area contributed by atoms with E-state index in [1.165, 1.54) is 6.92 Å². The molecule has 11 saturated heterocycles. The van der Waals surface area contributed by atoms with Crippen molar-refractivity contribution in [1.29, 1.82) is 0 Å². The molecule has 21 nitrogen and oxygen atoms in total. The molecule has 11 aliphatic rings.